The first-order valence-electron chi connectivity index (χ1n) is 10.0. The van der Waals surface area contributed by atoms with Crippen LogP contribution in [0.5, 0.6) is 0 Å². The molecule has 2 aromatic carbocycles. The summed E-state index contributed by atoms with van der Waals surface area (Å²) < 4.78 is 53.5. The zero-order chi connectivity index (χ0) is 22.6. The number of nitrogens with one attached hydrogen (secondary N) is 1. The molecule has 0 spiro atoms. The Bertz CT molecular complexity index is 1120. The Morgan fingerprint density at radius 3 is 2.26 bits per heavy atom. The van der Waals surface area contributed by atoms with Crippen molar-refractivity contribution in [2.75, 3.05) is 5.32 Å². The van der Waals surface area contributed by atoms with Crippen molar-refractivity contribution in [1.29, 1.82) is 0 Å². The number of halogens is 3. The average molecular weight is 470 g/mol. The van der Waals surface area contributed by atoms with Crippen LogP contribution in [0.25, 0.3) is 0 Å². The van der Waals surface area contributed by atoms with Crippen LogP contribution in [-0.2, 0) is 9.84 Å². The second-order valence-electron chi connectivity index (χ2n) is 8.59. The van der Waals surface area contributed by atoms with Gasteiger partial charge in [0.1, 0.15) is 11.6 Å². The quantitative estimate of drug-likeness (QED) is 0.686. The van der Waals surface area contributed by atoms with Gasteiger partial charge in [-0.3, -0.25) is 4.79 Å². The van der Waals surface area contributed by atoms with Gasteiger partial charge in [0.25, 0.3) is 5.91 Å². The van der Waals surface area contributed by atoms with Crippen molar-refractivity contribution in [1.82, 2.24) is 0 Å². The molecule has 2 bridgehead atoms. The molecule has 31 heavy (non-hydrogen) atoms. The molecule has 0 heterocycles. The molecule has 2 aromatic rings. The number of fused-ring (bicyclic) bond motifs is 2. The van der Waals surface area contributed by atoms with Crippen molar-refractivity contribution in [2.45, 2.75) is 48.4 Å². The number of hydrogen-bond donors (Lipinski definition) is 2. The maximum Gasteiger partial charge on any atom is 0.255 e. The maximum atomic E-state index is 13.4. The number of benzene rings is 2. The summed E-state index contributed by atoms with van der Waals surface area (Å²) in [5.41, 5.74) is -0.955. The number of amides is 1. The van der Waals surface area contributed by atoms with Gasteiger partial charge in [0.05, 0.1) is 20.8 Å². The average Bonchev–Trinajstić information content (AvgIpc) is 2.84. The van der Waals surface area contributed by atoms with Crippen molar-refractivity contribution in [3.63, 3.8) is 0 Å². The van der Waals surface area contributed by atoms with Gasteiger partial charge in [0, 0.05) is 17.3 Å². The van der Waals surface area contributed by atoms with Crippen molar-refractivity contribution < 1.29 is 27.1 Å². The van der Waals surface area contributed by atoms with E-state index in [9.17, 15) is 27.1 Å². The third-order valence-electron chi connectivity index (χ3n) is 6.67. The van der Waals surface area contributed by atoms with Crippen molar-refractivity contribution in [2.24, 2.45) is 11.8 Å². The molecule has 166 valence electrons. The maximum absolute atomic E-state index is 13.4. The highest BCUT2D eigenvalue weighted by Gasteiger charge is 2.53. The first kappa shape index (κ1) is 22.2. The van der Waals surface area contributed by atoms with Gasteiger partial charge in [-0.15, -0.1) is 0 Å². The van der Waals surface area contributed by atoms with E-state index in [1.165, 1.54) is 18.2 Å². The smallest absolute Gasteiger partial charge is 0.255 e. The third kappa shape index (κ3) is 4.08. The van der Waals surface area contributed by atoms with E-state index in [4.69, 9.17) is 11.6 Å². The summed E-state index contributed by atoms with van der Waals surface area (Å²) in [5, 5.41) is 12.3. The molecule has 1 amide bonds. The Morgan fingerprint density at radius 1 is 1.10 bits per heavy atom. The van der Waals surface area contributed by atoms with Crippen molar-refractivity contribution >= 4 is 33.0 Å². The fourth-order valence-electron chi connectivity index (χ4n) is 4.89. The summed E-state index contributed by atoms with van der Waals surface area (Å²) in [7, 11) is -3.85. The number of rotatable bonds is 4. The summed E-state index contributed by atoms with van der Waals surface area (Å²) in [6, 6.07) is 6.45. The predicted octanol–water partition coefficient (Wildman–Crippen LogP) is 4.58. The van der Waals surface area contributed by atoms with Gasteiger partial charge in [-0.2, -0.15) is 0 Å². The molecular weight excluding hydrogens is 448 g/mol. The third-order valence-corrected chi connectivity index (χ3v) is 9.33. The van der Waals surface area contributed by atoms with E-state index in [0.29, 0.717) is 18.9 Å². The van der Waals surface area contributed by atoms with Crippen LogP contribution in [0.3, 0.4) is 0 Å². The number of anilines is 1. The molecule has 5 nitrogen and oxygen atoms in total. The lowest BCUT2D eigenvalue weighted by Crippen LogP contribution is -2.45. The minimum absolute atomic E-state index is 0.00146. The molecule has 2 saturated carbocycles. The van der Waals surface area contributed by atoms with Gasteiger partial charge >= 0.3 is 0 Å². The molecule has 0 saturated heterocycles. The van der Waals surface area contributed by atoms with Crippen LogP contribution >= 0.6 is 11.6 Å². The van der Waals surface area contributed by atoms with Gasteiger partial charge in [-0.1, -0.05) is 11.6 Å². The largest absolute Gasteiger partial charge is 0.390 e. The molecule has 0 aliphatic heterocycles. The minimum atomic E-state index is -3.85. The standard InChI is InChI=1S/C22H22ClF2NO4S/c1-22(28)13-3-4-14(22)8-18(7-13)31(29,30)20-6-12(2-5-19(20)23)21(27)26-17-10-15(24)9-16(25)11-17/h2,5-6,9-11,13-14,18,28H,3-4,7-8H2,1H3,(H,26,27)/t13-,14?,18?,22?/m0/s1. The lowest BCUT2D eigenvalue weighted by atomic mass is 9.76. The lowest BCUT2D eigenvalue weighted by Gasteiger charge is -2.40. The summed E-state index contributed by atoms with van der Waals surface area (Å²) in [6.45, 7) is 1.77. The van der Waals surface area contributed by atoms with E-state index in [2.05, 4.69) is 5.32 Å². The molecule has 3 unspecified atom stereocenters. The molecule has 2 fully saturated rings. The van der Waals surface area contributed by atoms with Crippen LogP contribution in [-0.4, -0.2) is 30.3 Å². The summed E-state index contributed by atoms with van der Waals surface area (Å²) in [6.07, 6.45) is 2.23. The van der Waals surface area contributed by atoms with Gasteiger partial charge in [-0.05, 0) is 74.8 Å². The van der Waals surface area contributed by atoms with E-state index >= 15 is 0 Å². The Balaban J connectivity index is 1.61. The second-order valence-corrected chi connectivity index (χ2v) is 11.2. The fraction of sp³-hybridized carbons (Fsp3) is 0.409. The molecular formula is C22H22ClF2NO4S. The van der Waals surface area contributed by atoms with E-state index in [1.54, 1.807) is 6.92 Å². The van der Waals surface area contributed by atoms with Crippen LogP contribution in [0.1, 0.15) is 43.0 Å². The molecule has 0 aromatic heterocycles. The Hall–Kier alpha value is -2.03. The normalized spacial score (nSPS) is 27.8. The molecule has 9 heteroatoms. The van der Waals surface area contributed by atoms with Gasteiger partial charge in [0.15, 0.2) is 9.84 Å². The zero-order valence-corrected chi connectivity index (χ0v) is 18.3. The minimum Gasteiger partial charge on any atom is -0.390 e. The SMILES string of the molecule is CC1(O)C2CC[C@H]1CC(S(=O)(=O)c1cc(C(=O)Nc3cc(F)cc(F)c3)ccc1Cl)C2. The summed E-state index contributed by atoms with van der Waals surface area (Å²) >= 11 is 6.19. The Labute approximate surface area is 184 Å². The zero-order valence-electron chi connectivity index (χ0n) is 16.7. The molecule has 2 aliphatic rings. The second kappa shape index (κ2) is 7.83. The van der Waals surface area contributed by atoms with Crippen molar-refractivity contribution in [3.05, 3.63) is 58.6 Å². The van der Waals surface area contributed by atoms with E-state index in [1.807, 2.05) is 0 Å². The highest BCUT2D eigenvalue weighted by molar-refractivity contribution is 7.92. The van der Waals surface area contributed by atoms with Crippen LogP contribution in [0.2, 0.25) is 5.02 Å². The number of carbonyl (C=O) groups is 1. The van der Waals surface area contributed by atoms with E-state index in [0.717, 1.165) is 25.0 Å². The molecule has 2 aliphatic carbocycles. The van der Waals surface area contributed by atoms with Crippen LogP contribution in [0.4, 0.5) is 14.5 Å². The van der Waals surface area contributed by atoms with E-state index in [-0.39, 0.29) is 33.0 Å². The summed E-state index contributed by atoms with van der Waals surface area (Å²) in [4.78, 5) is 12.4. The molecule has 4 rings (SSSR count). The topological polar surface area (TPSA) is 83.5 Å². The molecule has 0 radical (unpaired) electrons. The monoisotopic (exact) mass is 469 g/mol. The molecule has 2 N–H and O–H groups in total. The predicted molar refractivity (Wildman–Crippen MR) is 113 cm³/mol. The fourth-order valence-corrected chi connectivity index (χ4v) is 7.29. The van der Waals surface area contributed by atoms with Crippen LogP contribution in [0, 0.1) is 23.5 Å². The van der Waals surface area contributed by atoms with Crippen LogP contribution in [0.15, 0.2) is 41.3 Å². The summed E-state index contributed by atoms with van der Waals surface area (Å²) in [5.74, 6) is -2.61. The first-order chi connectivity index (χ1) is 14.5. The van der Waals surface area contributed by atoms with Gasteiger partial charge in [0.2, 0.25) is 0 Å². The Morgan fingerprint density at radius 2 is 1.68 bits per heavy atom. The number of aliphatic hydroxyl groups is 1. The lowest BCUT2D eigenvalue weighted by molar-refractivity contribution is -0.0413. The van der Waals surface area contributed by atoms with Crippen LogP contribution < -0.4 is 5.32 Å². The van der Waals surface area contributed by atoms with Gasteiger partial charge in [-0.25, -0.2) is 17.2 Å². The number of hydrogen-bond acceptors (Lipinski definition) is 4. The first-order valence-corrected chi connectivity index (χ1v) is 11.9. The van der Waals surface area contributed by atoms with E-state index < -0.39 is 38.2 Å². The number of sulfone groups is 1. The van der Waals surface area contributed by atoms with Crippen molar-refractivity contribution in [3.8, 4) is 0 Å². The Kier molecular flexibility index (Phi) is 5.60. The highest BCUT2D eigenvalue weighted by atomic mass is 35.5. The van der Waals surface area contributed by atoms with Gasteiger partial charge < -0.3 is 10.4 Å². The highest BCUT2D eigenvalue weighted by Crippen LogP contribution is 2.51. The molecule has 4 atom stereocenters. The number of carbonyl (C=O) groups excluding carboxylic acids is 1.